The van der Waals surface area contributed by atoms with Gasteiger partial charge >= 0.3 is 25.0 Å². The third-order valence-electron chi connectivity index (χ3n) is 10.9. The van der Waals surface area contributed by atoms with Crippen molar-refractivity contribution in [3.05, 3.63) is 108 Å². The standard InChI is InChI=1S/C23H27N3O3.C22H27N3O.Al.Li.4H/c1-3-29-21-9-7-16(8-10-21)11-20-13-18-12-19(25-23(27)28-2)14-24-22(18)26(20)15-17-5-4-6-17;1-3-26-21-9-7-16(8-10-21)11-20-13-18-12-19(23-2)14-24-22(18)25(20)15-17-5-4-6-17;;;;;;/h7-10,12-14,17H,3-6,11,15H2,1-2H3,(H,25,27);7-10,12-14,17,23H,3-6,11,15H2,1-2H3;;;;;;/q;;;+1;;;;-1. The fraction of sp³-hybridized carbons (Fsp3) is 0.400. The molecule has 2 aliphatic carbocycles. The number of carbonyl (C=O) groups excluding carboxylic acids is 1. The fourth-order valence-corrected chi connectivity index (χ4v) is 7.50. The molecule has 0 spiro atoms. The molecule has 8 rings (SSSR count). The van der Waals surface area contributed by atoms with Gasteiger partial charge in [-0.25, -0.2) is 14.8 Å². The average Bonchev–Trinajstić information content (AvgIpc) is 3.68. The van der Waals surface area contributed by atoms with Crippen LogP contribution in [0.3, 0.4) is 0 Å². The number of nitrogens with one attached hydrogen (secondary N) is 2. The predicted octanol–water partition coefficient (Wildman–Crippen LogP) is 5.80. The van der Waals surface area contributed by atoms with Gasteiger partial charge in [-0.3, -0.25) is 5.32 Å². The Morgan fingerprint density at radius 1 is 0.719 bits per heavy atom. The Morgan fingerprint density at radius 3 is 1.54 bits per heavy atom. The molecule has 2 N–H and O–H groups in total. The number of pyridine rings is 2. The predicted molar refractivity (Wildman–Crippen MR) is 232 cm³/mol. The van der Waals surface area contributed by atoms with E-state index < -0.39 is 6.09 Å². The Bertz CT molecular complexity index is 2200. The normalized spacial score (nSPS) is 13.6. The number of carbonyl (C=O) groups is 1. The number of nitrogens with zero attached hydrogens (tertiary/aromatic N) is 4. The Balaban J connectivity index is 0.000000245. The fourth-order valence-electron chi connectivity index (χ4n) is 7.50. The Labute approximate surface area is 360 Å². The van der Waals surface area contributed by atoms with Crippen molar-refractivity contribution in [1.82, 2.24) is 19.1 Å². The molecule has 2 aromatic carbocycles. The van der Waals surface area contributed by atoms with Crippen LogP contribution < -0.4 is 39.0 Å². The van der Waals surface area contributed by atoms with Gasteiger partial charge < -0.3 is 30.1 Å². The summed E-state index contributed by atoms with van der Waals surface area (Å²) in [6.07, 6.45) is 12.8. The van der Waals surface area contributed by atoms with Gasteiger partial charge in [-0.1, -0.05) is 37.1 Å². The summed E-state index contributed by atoms with van der Waals surface area (Å²) >= 11 is 0. The quantitative estimate of drug-likeness (QED) is 0.135. The van der Waals surface area contributed by atoms with Crippen LogP contribution in [0.5, 0.6) is 11.5 Å². The number of rotatable bonds is 14. The van der Waals surface area contributed by atoms with Crippen LogP contribution in [-0.4, -0.2) is 69.9 Å². The molecule has 0 atom stereocenters. The summed E-state index contributed by atoms with van der Waals surface area (Å²) in [5.74, 6) is 3.35. The minimum Gasteiger partial charge on any atom is -1.00 e. The van der Waals surface area contributed by atoms with Gasteiger partial charge in [-0.15, -0.1) is 0 Å². The van der Waals surface area contributed by atoms with E-state index in [0.717, 1.165) is 71.6 Å². The van der Waals surface area contributed by atoms with Gasteiger partial charge in [-0.05, 0) is 111 Å². The second-order valence-corrected chi connectivity index (χ2v) is 14.7. The number of fused-ring (bicyclic) bond motifs is 2. The number of benzene rings is 2. The van der Waals surface area contributed by atoms with Crippen molar-refractivity contribution in [1.29, 1.82) is 0 Å². The van der Waals surface area contributed by atoms with E-state index in [1.807, 2.05) is 45.3 Å². The van der Waals surface area contributed by atoms with Gasteiger partial charge in [0.25, 0.3) is 0 Å². The minimum atomic E-state index is -0.491. The van der Waals surface area contributed by atoms with Gasteiger partial charge in [-0.2, -0.15) is 0 Å². The molecular formula is C45H58AlLiN6O4. The molecular weight excluding hydrogens is 722 g/mol. The molecule has 10 nitrogen and oxygen atoms in total. The van der Waals surface area contributed by atoms with E-state index in [2.05, 4.69) is 84.1 Å². The zero-order chi connectivity index (χ0) is 38.1. The molecule has 4 heterocycles. The molecule has 4 aromatic heterocycles. The minimum absolute atomic E-state index is 0. The first kappa shape index (κ1) is 43.7. The van der Waals surface area contributed by atoms with Crippen molar-refractivity contribution in [2.24, 2.45) is 11.8 Å². The van der Waals surface area contributed by atoms with Gasteiger partial charge in [0.1, 0.15) is 22.8 Å². The molecule has 0 radical (unpaired) electrons. The summed E-state index contributed by atoms with van der Waals surface area (Å²) in [5.41, 5.74) is 8.89. The molecule has 0 unspecified atom stereocenters. The van der Waals surface area contributed by atoms with E-state index in [-0.39, 0.29) is 37.6 Å². The summed E-state index contributed by atoms with van der Waals surface area (Å²) in [6.45, 7) is 7.45. The van der Waals surface area contributed by atoms with E-state index in [1.54, 1.807) is 6.20 Å². The summed E-state index contributed by atoms with van der Waals surface area (Å²) < 4.78 is 20.6. The molecule has 0 saturated heterocycles. The van der Waals surface area contributed by atoms with Crippen LogP contribution in [0.2, 0.25) is 0 Å². The van der Waals surface area contributed by atoms with E-state index in [9.17, 15) is 4.79 Å². The van der Waals surface area contributed by atoms with Crippen molar-refractivity contribution < 1.29 is 39.3 Å². The maximum absolute atomic E-state index is 11.5. The molecule has 6 aromatic rings. The van der Waals surface area contributed by atoms with E-state index >= 15 is 0 Å². The van der Waals surface area contributed by atoms with Crippen LogP contribution in [0.25, 0.3) is 22.1 Å². The number of anilines is 2. The largest absolute Gasteiger partial charge is 1.00 e. The second-order valence-electron chi connectivity index (χ2n) is 14.7. The monoisotopic (exact) mass is 780 g/mol. The molecule has 1 amide bonds. The Kier molecular flexibility index (Phi) is 16.0. The van der Waals surface area contributed by atoms with Crippen molar-refractivity contribution >= 4 is 56.9 Å². The summed E-state index contributed by atoms with van der Waals surface area (Å²) in [4.78, 5) is 20.9. The smallest absolute Gasteiger partial charge is 1.00 e. The van der Waals surface area contributed by atoms with Crippen LogP contribution in [0.15, 0.2) is 85.2 Å². The first-order valence-electron chi connectivity index (χ1n) is 19.8. The number of ether oxygens (including phenoxy) is 3. The maximum atomic E-state index is 11.5. The third kappa shape index (κ3) is 11.0. The number of hydrogen-bond acceptors (Lipinski definition) is 7. The number of methoxy groups -OCH3 is 1. The SMILES string of the molecule is CCOc1ccc(Cc2cc3cc(NC(=O)OC)cnc3n2CC2CCC2)cc1.CCOc1ccc(Cc2cc3cc(NC)cnc3n2CC2CCC2)cc1.[AlH3].[H-].[Li+]. The van der Waals surface area contributed by atoms with E-state index in [0.29, 0.717) is 18.9 Å². The van der Waals surface area contributed by atoms with Gasteiger partial charge in [0, 0.05) is 55.1 Å². The maximum Gasteiger partial charge on any atom is 1.00 e. The van der Waals surface area contributed by atoms with Crippen molar-refractivity contribution in [2.45, 2.75) is 78.3 Å². The second kappa shape index (κ2) is 20.9. The van der Waals surface area contributed by atoms with Crippen LogP contribution >= 0.6 is 0 Å². The van der Waals surface area contributed by atoms with Crippen molar-refractivity contribution in [3.8, 4) is 11.5 Å². The number of hydrogen-bond donors (Lipinski definition) is 2. The van der Waals surface area contributed by atoms with E-state index in [4.69, 9.17) is 14.5 Å². The van der Waals surface area contributed by atoms with Crippen molar-refractivity contribution in [2.75, 3.05) is 38.0 Å². The first-order chi connectivity index (χ1) is 26.9. The molecule has 0 aliphatic heterocycles. The molecule has 2 fully saturated rings. The van der Waals surface area contributed by atoms with Crippen LogP contribution in [-0.2, 0) is 30.7 Å². The average molecular weight is 781 g/mol. The molecule has 57 heavy (non-hydrogen) atoms. The van der Waals surface area contributed by atoms with E-state index in [1.165, 1.54) is 73.5 Å². The zero-order valence-corrected chi connectivity index (χ0v) is 33.6. The van der Waals surface area contributed by atoms with Gasteiger partial charge in [0.15, 0.2) is 17.4 Å². The molecule has 0 bridgehead atoms. The topological polar surface area (TPSA) is 104 Å². The van der Waals surface area contributed by atoms with Crippen molar-refractivity contribution in [3.63, 3.8) is 0 Å². The van der Waals surface area contributed by atoms with Crippen LogP contribution in [0, 0.1) is 11.8 Å². The number of aromatic nitrogens is 4. The Hall–Kier alpha value is -4.38. The summed E-state index contributed by atoms with van der Waals surface area (Å²) in [6, 6.07) is 25.4. The first-order valence-corrected chi connectivity index (χ1v) is 19.8. The summed E-state index contributed by atoms with van der Waals surface area (Å²) in [7, 11) is 3.29. The molecule has 296 valence electrons. The van der Waals surface area contributed by atoms with Crippen LogP contribution in [0.4, 0.5) is 16.2 Å². The van der Waals surface area contributed by atoms with Gasteiger partial charge in [0.05, 0.1) is 44.1 Å². The summed E-state index contributed by atoms with van der Waals surface area (Å²) in [5, 5.41) is 8.14. The van der Waals surface area contributed by atoms with Crippen LogP contribution in [0.1, 0.15) is 76.3 Å². The van der Waals surface area contributed by atoms with Gasteiger partial charge in [0.2, 0.25) is 0 Å². The molecule has 2 saturated carbocycles. The Morgan fingerprint density at radius 2 is 1.16 bits per heavy atom. The third-order valence-corrected chi connectivity index (χ3v) is 10.9. The zero-order valence-electron chi connectivity index (χ0n) is 34.6. The number of amides is 1. The molecule has 12 heteroatoms. The molecule has 2 aliphatic rings.